The Bertz CT molecular complexity index is 522. The third-order valence-corrected chi connectivity index (χ3v) is 5.38. The van der Waals surface area contributed by atoms with Crippen LogP contribution in [-0.4, -0.2) is 40.4 Å². The average Bonchev–Trinajstić information content (AvgIpc) is 2.60. The quantitative estimate of drug-likeness (QED) is 0.844. The molecular formula is C15H19Cl2NO2S. The number of carbonyl (C=O) groups excluding carboxylic acids is 1. The molecule has 1 aromatic rings. The van der Waals surface area contributed by atoms with Crippen LogP contribution in [0, 0.1) is 0 Å². The van der Waals surface area contributed by atoms with Crippen molar-refractivity contribution in [3.8, 4) is 0 Å². The average molecular weight is 348 g/mol. The van der Waals surface area contributed by atoms with Crippen LogP contribution < -0.4 is 0 Å². The second kappa shape index (κ2) is 7.23. The van der Waals surface area contributed by atoms with E-state index in [9.17, 15) is 9.90 Å². The minimum absolute atomic E-state index is 0.0775. The van der Waals surface area contributed by atoms with E-state index in [4.69, 9.17) is 23.2 Å². The first-order valence-electron chi connectivity index (χ1n) is 6.95. The molecule has 116 valence electrons. The fourth-order valence-corrected chi connectivity index (χ4v) is 3.73. The van der Waals surface area contributed by atoms with Crippen LogP contribution in [0.4, 0.5) is 0 Å². The van der Waals surface area contributed by atoms with E-state index in [1.807, 2.05) is 11.8 Å². The van der Waals surface area contributed by atoms with Gasteiger partial charge in [0.15, 0.2) is 0 Å². The summed E-state index contributed by atoms with van der Waals surface area (Å²) in [5.41, 5.74) is -0.654. The number of likely N-dealkylation sites (tertiary alicyclic amines) is 1. The number of hydrogen-bond acceptors (Lipinski definition) is 3. The zero-order chi connectivity index (χ0) is 15.5. The Kier molecular flexibility index (Phi) is 5.83. The van der Waals surface area contributed by atoms with Crippen molar-refractivity contribution in [2.75, 3.05) is 18.8 Å². The van der Waals surface area contributed by atoms with E-state index in [1.165, 1.54) is 11.8 Å². The maximum atomic E-state index is 12.3. The third-order valence-electron chi connectivity index (χ3n) is 3.66. The van der Waals surface area contributed by atoms with Crippen molar-refractivity contribution in [2.45, 2.75) is 36.7 Å². The number of carbonyl (C=O) groups is 1. The molecule has 1 aliphatic rings. The van der Waals surface area contributed by atoms with Gasteiger partial charge in [0.05, 0.1) is 16.4 Å². The van der Waals surface area contributed by atoms with Gasteiger partial charge in [-0.1, -0.05) is 23.2 Å². The first kappa shape index (κ1) is 16.9. The molecule has 1 fully saturated rings. The van der Waals surface area contributed by atoms with Crippen molar-refractivity contribution in [1.29, 1.82) is 0 Å². The number of thioether (sulfide) groups is 1. The van der Waals surface area contributed by atoms with E-state index in [0.29, 0.717) is 35.3 Å². The van der Waals surface area contributed by atoms with Crippen LogP contribution in [0.15, 0.2) is 23.1 Å². The fraction of sp³-hybridized carbons (Fsp3) is 0.533. The van der Waals surface area contributed by atoms with Crippen molar-refractivity contribution >= 4 is 40.9 Å². The van der Waals surface area contributed by atoms with Gasteiger partial charge in [0.2, 0.25) is 5.91 Å². The highest BCUT2D eigenvalue weighted by atomic mass is 35.5. The Balaban J connectivity index is 1.91. The monoisotopic (exact) mass is 347 g/mol. The first-order chi connectivity index (χ1) is 9.87. The molecule has 1 unspecified atom stereocenters. The Morgan fingerprint density at radius 3 is 2.90 bits per heavy atom. The van der Waals surface area contributed by atoms with Gasteiger partial charge in [-0.3, -0.25) is 4.79 Å². The molecule has 1 heterocycles. The van der Waals surface area contributed by atoms with Crippen molar-refractivity contribution in [1.82, 2.24) is 4.90 Å². The number of amides is 1. The predicted octanol–water partition coefficient (Wildman–Crippen LogP) is 3.85. The molecule has 6 heteroatoms. The largest absolute Gasteiger partial charge is 0.390 e. The summed E-state index contributed by atoms with van der Waals surface area (Å²) >= 11 is 13.4. The van der Waals surface area contributed by atoms with E-state index in [-0.39, 0.29) is 5.91 Å². The summed E-state index contributed by atoms with van der Waals surface area (Å²) < 4.78 is 0. The standard InChI is InChI=1S/C15H19Cl2NO2S/c1-15(20)5-2-7-18(8-6-15)14(19)10-21-13-9-11(16)3-4-12(13)17/h3-4,9,20H,2,5-8,10H2,1H3. The van der Waals surface area contributed by atoms with Gasteiger partial charge >= 0.3 is 0 Å². The molecule has 0 saturated carbocycles. The minimum atomic E-state index is -0.654. The van der Waals surface area contributed by atoms with Crippen molar-refractivity contribution in [3.63, 3.8) is 0 Å². The van der Waals surface area contributed by atoms with Gasteiger partial charge in [0.1, 0.15) is 0 Å². The van der Waals surface area contributed by atoms with Gasteiger partial charge < -0.3 is 10.0 Å². The number of hydrogen-bond donors (Lipinski definition) is 1. The molecule has 0 radical (unpaired) electrons. The van der Waals surface area contributed by atoms with Gasteiger partial charge in [-0.15, -0.1) is 11.8 Å². The lowest BCUT2D eigenvalue weighted by Gasteiger charge is -2.22. The maximum Gasteiger partial charge on any atom is 0.232 e. The van der Waals surface area contributed by atoms with Crippen LogP contribution >= 0.6 is 35.0 Å². The Labute approximate surface area is 139 Å². The Morgan fingerprint density at radius 1 is 1.38 bits per heavy atom. The van der Waals surface area contributed by atoms with E-state index < -0.39 is 5.60 Å². The number of benzene rings is 1. The fourth-order valence-electron chi connectivity index (χ4n) is 2.33. The molecule has 1 amide bonds. The van der Waals surface area contributed by atoms with Crippen LogP contribution in [-0.2, 0) is 4.79 Å². The van der Waals surface area contributed by atoms with E-state index in [1.54, 1.807) is 18.2 Å². The summed E-state index contributed by atoms with van der Waals surface area (Å²) in [6, 6.07) is 5.24. The number of halogens is 2. The third kappa shape index (κ3) is 5.06. The summed E-state index contributed by atoms with van der Waals surface area (Å²) in [5.74, 6) is 0.413. The van der Waals surface area contributed by atoms with Crippen LogP contribution in [0.25, 0.3) is 0 Å². The lowest BCUT2D eigenvalue weighted by molar-refractivity contribution is -0.128. The molecular weight excluding hydrogens is 329 g/mol. The molecule has 0 bridgehead atoms. The summed E-state index contributed by atoms with van der Waals surface area (Å²) in [5, 5.41) is 11.3. The van der Waals surface area contributed by atoms with Crippen molar-refractivity contribution < 1.29 is 9.90 Å². The maximum absolute atomic E-state index is 12.3. The minimum Gasteiger partial charge on any atom is -0.390 e. The van der Waals surface area contributed by atoms with E-state index in [2.05, 4.69) is 0 Å². The molecule has 0 spiro atoms. The number of nitrogens with zero attached hydrogens (tertiary/aromatic N) is 1. The van der Waals surface area contributed by atoms with Gasteiger partial charge in [0, 0.05) is 23.0 Å². The molecule has 1 saturated heterocycles. The summed E-state index contributed by atoms with van der Waals surface area (Å²) in [7, 11) is 0. The van der Waals surface area contributed by atoms with Gasteiger partial charge in [0.25, 0.3) is 0 Å². The SMILES string of the molecule is CC1(O)CCCN(C(=O)CSc2cc(Cl)ccc2Cl)CC1. The van der Waals surface area contributed by atoms with E-state index in [0.717, 1.165) is 17.7 Å². The highest BCUT2D eigenvalue weighted by Crippen LogP contribution is 2.30. The lowest BCUT2D eigenvalue weighted by Crippen LogP contribution is -2.34. The number of rotatable bonds is 3. The molecule has 0 aromatic heterocycles. The zero-order valence-corrected chi connectivity index (χ0v) is 14.3. The molecule has 3 nitrogen and oxygen atoms in total. The Hall–Kier alpha value is -0.420. The summed E-state index contributed by atoms with van der Waals surface area (Å²) in [4.78, 5) is 14.9. The van der Waals surface area contributed by atoms with Gasteiger partial charge in [-0.05, 0) is 44.4 Å². The highest BCUT2D eigenvalue weighted by molar-refractivity contribution is 8.00. The number of aliphatic hydroxyl groups is 1. The molecule has 1 aliphatic heterocycles. The Morgan fingerprint density at radius 2 is 2.14 bits per heavy atom. The van der Waals surface area contributed by atoms with Gasteiger partial charge in [-0.25, -0.2) is 0 Å². The molecule has 21 heavy (non-hydrogen) atoms. The lowest BCUT2D eigenvalue weighted by atomic mass is 9.98. The second-order valence-electron chi connectivity index (χ2n) is 5.59. The molecule has 1 N–H and O–H groups in total. The topological polar surface area (TPSA) is 40.5 Å². The smallest absolute Gasteiger partial charge is 0.232 e. The van der Waals surface area contributed by atoms with Crippen LogP contribution in [0.3, 0.4) is 0 Å². The van der Waals surface area contributed by atoms with Gasteiger partial charge in [-0.2, -0.15) is 0 Å². The van der Waals surface area contributed by atoms with Crippen molar-refractivity contribution in [2.24, 2.45) is 0 Å². The first-order valence-corrected chi connectivity index (χ1v) is 8.69. The highest BCUT2D eigenvalue weighted by Gasteiger charge is 2.26. The van der Waals surface area contributed by atoms with Crippen LogP contribution in [0.1, 0.15) is 26.2 Å². The summed E-state index contributed by atoms with van der Waals surface area (Å²) in [6.07, 6.45) is 2.20. The predicted molar refractivity (Wildman–Crippen MR) is 88.2 cm³/mol. The summed E-state index contributed by atoms with van der Waals surface area (Å²) in [6.45, 7) is 3.15. The van der Waals surface area contributed by atoms with Crippen LogP contribution in [0.5, 0.6) is 0 Å². The molecule has 2 rings (SSSR count). The molecule has 1 atom stereocenters. The van der Waals surface area contributed by atoms with E-state index >= 15 is 0 Å². The normalized spacial score (nSPS) is 23.0. The van der Waals surface area contributed by atoms with Crippen LogP contribution in [0.2, 0.25) is 10.0 Å². The zero-order valence-electron chi connectivity index (χ0n) is 11.9. The molecule has 1 aromatic carbocycles. The van der Waals surface area contributed by atoms with Crippen molar-refractivity contribution in [3.05, 3.63) is 28.2 Å². The molecule has 0 aliphatic carbocycles. The second-order valence-corrected chi connectivity index (χ2v) is 7.46.